The van der Waals surface area contributed by atoms with Crippen molar-refractivity contribution in [2.45, 2.75) is 26.7 Å². The van der Waals surface area contributed by atoms with Gasteiger partial charge in [-0.25, -0.2) is 4.79 Å². The lowest BCUT2D eigenvalue weighted by atomic mass is 10.1. The van der Waals surface area contributed by atoms with Crippen LogP contribution in [0.4, 0.5) is 4.79 Å². The highest BCUT2D eigenvalue weighted by Gasteiger charge is 2.17. The lowest BCUT2D eigenvalue weighted by Crippen LogP contribution is -2.27. The minimum absolute atomic E-state index is 0.117. The molecule has 1 saturated heterocycles. The van der Waals surface area contributed by atoms with Gasteiger partial charge in [0, 0.05) is 24.7 Å². The Morgan fingerprint density at radius 2 is 2.00 bits per heavy atom. The van der Waals surface area contributed by atoms with Gasteiger partial charge in [-0.1, -0.05) is 17.7 Å². The van der Waals surface area contributed by atoms with Crippen molar-refractivity contribution in [3.63, 3.8) is 0 Å². The number of rotatable bonds is 1. The molecule has 2 aromatic rings. The van der Waals surface area contributed by atoms with E-state index in [2.05, 4.69) is 37.0 Å². The summed E-state index contributed by atoms with van der Waals surface area (Å²) in [4.78, 5) is 19.1. The van der Waals surface area contributed by atoms with Gasteiger partial charge in [-0.15, -0.1) is 11.3 Å². The van der Waals surface area contributed by atoms with Crippen molar-refractivity contribution in [3.8, 4) is 5.69 Å². The fraction of sp³-hybridized carbons (Fsp3) is 0.375. The van der Waals surface area contributed by atoms with Crippen molar-refractivity contribution in [1.82, 2.24) is 9.47 Å². The van der Waals surface area contributed by atoms with E-state index in [0.717, 1.165) is 36.4 Å². The number of urea groups is 1. The van der Waals surface area contributed by atoms with Gasteiger partial charge in [0.2, 0.25) is 0 Å². The van der Waals surface area contributed by atoms with Crippen LogP contribution in [0.1, 0.15) is 24.0 Å². The number of carbonyl (C=O) groups is 1. The summed E-state index contributed by atoms with van der Waals surface area (Å²) in [5.74, 6) is 0. The number of nitrogens with zero attached hydrogens (tertiary/aromatic N) is 3. The molecule has 110 valence electrons. The van der Waals surface area contributed by atoms with Crippen LogP contribution in [0.25, 0.3) is 5.69 Å². The molecule has 1 aliphatic heterocycles. The van der Waals surface area contributed by atoms with Crippen LogP contribution in [0.15, 0.2) is 34.8 Å². The fourth-order valence-corrected chi connectivity index (χ4v) is 3.38. The molecule has 1 aliphatic rings. The highest BCUT2D eigenvalue weighted by molar-refractivity contribution is 7.07. The third-order valence-electron chi connectivity index (χ3n) is 3.77. The summed E-state index contributed by atoms with van der Waals surface area (Å²) in [5, 5.41) is 1.97. The highest BCUT2D eigenvalue weighted by atomic mass is 32.1. The second kappa shape index (κ2) is 5.85. The Morgan fingerprint density at radius 3 is 2.71 bits per heavy atom. The largest absolute Gasteiger partial charge is 0.346 e. The zero-order chi connectivity index (χ0) is 14.8. The highest BCUT2D eigenvalue weighted by Crippen LogP contribution is 2.15. The van der Waals surface area contributed by atoms with Crippen molar-refractivity contribution >= 4 is 17.4 Å². The molecule has 21 heavy (non-hydrogen) atoms. The number of hydrogen-bond acceptors (Lipinski definition) is 2. The van der Waals surface area contributed by atoms with E-state index in [4.69, 9.17) is 0 Å². The van der Waals surface area contributed by atoms with Crippen LogP contribution < -0.4 is 4.80 Å². The molecule has 0 spiro atoms. The standard InChI is InChI=1S/C16H19N3OS/c1-12-5-6-14(13(2)11-12)19-9-10-21-16(19)17-15(20)18-7-3-4-8-18/h5-6,9-11H,3-4,7-8H2,1-2H3/b17-16-. The maximum atomic E-state index is 12.2. The Balaban J connectivity index is 1.98. The van der Waals surface area contributed by atoms with Gasteiger partial charge in [-0.3, -0.25) is 4.57 Å². The molecule has 1 fully saturated rings. The topological polar surface area (TPSA) is 37.6 Å². The summed E-state index contributed by atoms with van der Waals surface area (Å²) in [6, 6.07) is 6.19. The monoisotopic (exact) mass is 301 g/mol. The van der Waals surface area contributed by atoms with E-state index in [0.29, 0.717) is 0 Å². The Labute approximate surface area is 128 Å². The second-order valence-electron chi connectivity index (χ2n) is 5.43. The van der Waals surface area contributed by atoms with E-state index in [1.54, 1.807) is 0 Å². The van der Waals surface area contributed by atoms with Crippen molar-refractivity contribution in [3.05, 3.63) is 45.7 Å². The smallest absolute Gasteiger partial charge is 0.323 e. The molecule has 4 nitrogen and oxygen atoms in total. The third kappa shape index (κ3) is 2.93. The number of likely N-dealkylation sites (tertiary alicyclic amines) is 1. The van der Waals surface area contributed by atoms with E-state index in [1.807, 2.05) is 21.0 Å². The van der Waals surface area contributed by atoms with Crippen LogP contribution in [0.5, 0.6) is 0 Å². The Hall–Kier alpha value is -1.88. The van der Waals surface area contributed by atoms with Gasteiger partial charge >= 0.3 is 6.03 Å². The molecule has 3 rings (SSSR count). The van der Waals surface area contributed by atoms with Crippen molar-refractivity contribution < 1.29 is 4.79 Å². The van der Waals surface area contributed by atoms with Crippen LogP contribution in [0.2, 0.25) is 0 Å². The second-order valence-corrected chi connectivity index (χ2v) is 6.31. The molecule has 5 heteroatoms. The lowest BCUT2D eigenvalue weighted by Gasteiger charge is -2.11. The normalized spacial score (nSPS) is 15.7. The Kier molecular flexibility index (Phi) is 3.92. The molecule has 2 heterocycles. The molecule has 1 aromatic carbocycles. The number of aromatic nitrogens is 1. The maximum Gasteiger partial charge on any atom is 0.346 e. The van der Waals surface area contributed by atoms with E-state index in [9.17, 15) is 4.79 Å². The van der Waals surface area contributed by atoms with Crippen LogP contribution in [0.3, 0.4) is 0 Å². The summed E-state index contributed by atoms with van der Waals surface area (Å²) in [5.41, 5.74) is 3.50. The number of hydrogen-bond donors (Lipinski definition) is 0. The zero-order valence-electron chi connectivity index (χ0n) is 12.4. The Bertz CT molecular complexity index is 723. The van der Waals surface area contributed by atoms with Gasteiger partial charge in [-0.05, 0) is 38.3 Å². The summed E-state index contributed by atoms with van der Waals surface area (Å²) in [7, 11) is 0. The molecule has 0 saturated carbocycles. The lowest BCUT2D eigenvalue weighted by molar-refractivity contribution is 0.218. The summed E-state index contributed by atoms with van der Waals surface area (Å²) < 4.78 is 1.99. The van der Waals surface area contributed by atoms with Gasteiger partial charge in [0.1, 0.15) is 0 Å². The van der Waals surface area contributed by atoms with Crippen molar-refractivity contribution in [1.29, 1.82) is 0 Å². The molecular weight excluding hydrogens is 282 g/mol. The number of benzene rings is 1. The summed E-state index contributed by atoms with van der Waals surface area (Å²) in [6.45, 7) is 5.82. The van der Waals surface area contributed by atoms with E-state index in [-0.39, 0.29) is 6.03 Å². The van der Waals surface area contributed by atoms with Crippen LogP contribution in [-0.4, -0.2) is 28.6 Å². The van der Waals surface area contributed by atoms with E-state index in [1.165, 1.54) is 22.5 Å². The number of carbonyl (C=O) groups excluding carboxylic acids is 1. The van der Waals surface area contributed by atoms with E-state index >= 15 is 0 Å². The molecule has 0 bridgehead atoms. The van der Waals surface area contributed by atoms with Gasteiger partial charge < -0.3 is 4.90 Å². The average molecular weight is 301 g/mol. The van der Waals surface area contributed by atoms with Crippen LogP contribution >= 0.6 is 11.3 Å². The van der Waals surface area contributed by atoms with Crippen LogP contribution in [-0.2, 0) is 0 Å². The van der Waals surface area contributed by atoms with Crippen LogP contribution in [0, 0.1) is 13.8 Å². The zero-order valence-corrected chi connectivity index (χ0v) is 13.2. The predicted molar refractivity (Wildman–Crippen MR) is 84.9 cm³/mol. The predicted octanol–water partition coefficient (Wildman–Crippen LogP) is 3.27. The molecule has 0 unspecified atom stereocenters. The van der Waals surface area contributed by atoms with Gasteiger partial charge in [-0.2, -0.15) is 4.99 Å². The van der Waals surface area contributed by atoms with Crippen molar-refractivity contribution in [2.75, 3.05) is 13.1 Å². The first kappa shape index (κ1) is 14.1. The summed E-state index contributed by atoms with van der Waals surface area (Å²) in [6.07, 6.45) is 4.14. The first-order valence-corrected chi connectivity index (χ1v) is 8.10. The average Bonchev–Trinajstić information content (AvgIpc) is 3.10. The number of aryl methyl sites for hydroxylation is 2. The van der Waals surface area contributed by atoms with Gasteiger partial charge in [0.05, 0.1) is 5.69 Å². The maximum absolute atomic E-state index is 12.2. The minimum Gasteiger partial charge on any atom is -0.323 e. The molecule has 0 aliphatic carbocycles. The van der Waals surface area contributed by atoms with Gasteiger partial charge in [0.25, 0.3) is 0 Å². The quantitative estimate of drug-likeness (QED) is 0.796. The minimum atomic E-state index is -0.117. The number of amides is 2. The molecule has 1 aromatic heterocycles. The third-order valence-corrected chi connectivity index (χ3v) is 4.53. The van der Waals surface area contributed by atoms with Crippen molar-refractivity contribution in [2.24, 2.45) is 4.99 Å². The molecular formula is C16H19N3OS. The first-order valence-electron chi connectivity index (χ1n) is 7.22. The Morgan fingerprint density at radius 1 is 1.24 bits per heavy atom. The molecule has 0 atom stereocenters. The fourth-order valence-electron chi connectivity index (χ4n) is 2.67. The number of thiazole rings is 1. The SMILES string of the molecule is Cc1ccc(-n2ccs/c2=N\C(=O)N2CCCC2)c(C)c1. The first-order chi connectivity index (χ1) is 10.1. The molecule has 2 amide bonds. The molecule has 0 N–H and O–H groups in total. The van der Waals surface area contributed by atoms with Gasteiger partial charge in [0.15, 0.2) is 4.80 Å². The molecule has 0 radical (unpaired) electrons. The summed E-state index contributed by atoms with van der Waals surface area (Å²) >= 11 is 1.49. The van der Waals surface area contributed by atoms with E-state index < -0.39 is 0 Å².